The fourth-order valence-electron chi connectivity index (χ4n) is 3.42. The summed E-state index contributed by atoms with van der Waals surface area (Å²) in [4.78, 5) is 12.9. The van der Waals surface area contributed by atoms with Crippen molar-refractivity contribution in [2.45, 2.75) is 38.4 Å². The van der Waals surface area contributed by atoms with Gasteiger partial charge in [0.15, 0.2) is 11.5 Å². The fraction of sp³-hybridized carbons (Fsp3) is 0.611. The summed E-state index contributed by atoms with van der Waals surface area (Å²) in [7, 11) is 1.63. The Morgan fingerprint density at radius 1 is 1.36 bits per heavy atom. The van der Waals surface area contributed by atoms with E-state index in [1.165, 1.54) is 0 Å². The average molecular weight is 350 g/mol. The second kappa shape index (κ2) is 7.93. The molecule has 2 aliphatic rings. The molecular weight excluding hydrogens is 324 g/mol. The lowest BCUT2D eigenvalue weighted by Crippen LogP contribution is -2.53. The van der Waals surface area contributed by atoms with E-state index in [-0.39, 0.29) is 6.54 Å². The summed E-state index contributed by atoms with van der Waals surface area (Å²) in [5, 5.41) is 12.5. The zero-order valence-corrected chi connectivity index (χ0v) is 14.8. The molecule has 1 aliphatic heterocycles. The number of ether oxygens (including phenoxy) is 3. The van der Waals surface area contributed by atoms with E-state index in [0.29, 0.717) is 36.8 Å². The molecule has 0 radical (unpaired) electrons. The van der Waals surface area contributed by atoms with E-state index in [1.807, 2.05) is 24.0 Å². The number of fused-ring (bicyclic) bond motifs is 1. The van der Waals surface area contributed by atoms with Crippen molar-refractivity contribution in [1.29, 1.82) is 0 Å². The predicted molar refractivity (Wildman–Crippen MR) is 92.5 cm³/mol. The Hall–Kier alpha value is -1.99. The number of benzene rings is 1. The summed E-state index contributed by atoms with van der Waals surface area (Å²) in [5.74, 6) is 1.33. The number of rotatable bonds is 8. The highest BCUT2D eigenvalue weighted by molar-refractivity contribution is 5.69. The zero-order valence-electron chi connectivity index (χ0n) is 14.8. The SMILES string of the molecule is CCN(CC(=O)O)C1CC(NCc2cc(OC)c3c(c2)OCCO3)C1. The number of likely N-dealkylation sites (N-methyl/N-ethyl adjacent to an activating group) is 1. The molecule has 0 spiro atoms. The van der Waals surface area contributed by atoms with E-state index in [1.54, 1.807) is 7.11 Å². The van der Waals surface area contributed by atoms with E-state index in [2.05, 4.69) is 5.32 Å². The minimum absolute atomic E-state index is 0.118. The van der Waals surface area contributed by atoms with E-state index in [4.69, 9.17) is 19.3 Å². The lowest BCUT2D eigenvalue weighted by atomic mass is 9.85. The Bertz CT molecular complexity index is 598. The molecule has 1 aromatic rings. The number of carbonyl (C=O) groups is 1. The summed E-state index contributed by atoms with van der Waals surface area (Å²) in [5.41, 5.74) is 1.09. The third kappa shape index (κ3) is 4.16. The summed E-state index contributed by atoms with van der Waals surface area (Å²) < 4.78 is 16.7. The van der Waals surface area contributed by atoms with Crippen molar-refractivity contribution in [1.82, 2.24) is 10.2 Å². The summed E-state index contributed by atoms with van der Waals surface area (Å²) in [6, 6.07) is 4.72. The van der Waals surface area contributed by atoms with Crippen LogP contribution in [0.15, 0.2) is 12.1 Å². The van der Waals surface area contributed by atoms with Crippen molar-refractivity contribution in [3.05, 3.63) is 17.7 Å². The number of carboxylic acids is 1. The van der Waals surface area contributed by atoms with Crippen molar-refractivity contribution >= 4 is 5.97 Å². The molecule has 7 heteroatoms. The van der Waals surface area contributed by atoms with Gasteiger partial charge in [-0.2, -0.15) is 0 Å². The van der Waals surface area contributed by atoms with E-state index in [0.717, 1.165) is 37.2 Å². The Labute approximate surface area is 147 Å². The zero-order chi connectivity index (χ0) is 17.8. The smallest absolute Gasteiger partial charge is 0.317 e. The van der Waals surface area contributed by atoms with Gasteiger partial charge in [0.2, 0.25) is 5.75 Å². The Balaban J connectivity index is 1.52. The molecule has 1 heterocycles. The van der Waals surface area contributed by atoms with Gasteiger partial charge in [-0.05, 0) is 37.1 Å². The highest BCUT2D eigenvalue weighted by Gasteiger charge is 2.33. The molecule has 0 atom stereocenters. The van der Waals surface area contributed by atoms with Crippen LogP contribution in [0.3, 0.4) is 0 Å². The van der Waals surface area contributed by atoms with Gasteiger partial charge in [-0.3, -0.25) is 9.69 Å². The van der Waals surface area contributed by atoms with Gasteiger partial charge in [0, 0.05) is 18.6 Å². The van der Waals surface area contributed by atoms with Crippen LogP contribution in [0.5, 0.6) is 17.2 Å². The molecule has 1 aliphatic carbocycles. The molecule has 3 rings (SSSR count). The molecule has 7 nitrogen and oxygen atoms in total. The number of hydrogen-bond acceptors (Lipinski definition) is 6. The highest BCUT2D eigenvalue weighted by Crippen LogP contribution is 2.40. The lowest BCUT2D eigenvalue weighted by Gasteiger charge is -2.42. The molecule has 1 aromatic carbocycles. The van der Waals surface area contributed by atoms with Crippen LogP contribution in [0, 0.1) is 0 Å². The fourth-order valence-corrected chi connectivity index (χ4v) is 3.42. The van der Waals surface area contributed by atoms with Crippen LogP contribution in [0.25, 0.3) is 0 Å². The summed E-state index contributed by atoms with van der Waals surface area (Å²) in [6.07, 6.45) is 1.95. The molecule has 1 fully saturated rings. The topological polar surface area (TPSA) is 80.3 Å². The van der Waals surface area contributed by atoms with Crippen LogP contribution < -0.4 is 19.5 Å². The maximum atomic E-state index is 10.9. The Kier molecular flexibility index (Phi) is 5.65. The van der Waals surface area contributed by atoms with Gasteiger partial charge in [-0.25, -0.2) is 0 Å². The van der Waals surface area contributed by atoms with Crippen molar-refractivity contribution in [3.8, 4) is 17.2 Å². The number of hydrogen-bond donors (Lipinski definition) is 2. The van der Waals surface area contributed by atoms with Gasteiger partial charge in [0.25, 0.3) is 0 Å². The van der Waals surface area contributed by atoms with Crippen LogP contribution in [0.2, 0.25) is 0 Å². The molecule has 25 heavy (non-hydrogen) atoms. The first-order valence-corrected chi connectivity index (χ1v) is 8.76. The van der Waals surface area contributed by atoms with E-state index < -0.39 is 5.97 Å². The molecule has 1 saturated carbocycles. The molecule has 0 amide bonds. The van der Waals surface area contributed by atoms with Crippen molar-refractivity contribution in [3.63, 3.8) is 0 Å². The third-order valence-electron chi connectivity index (χ3n) is 4.86. The summed E-state index contributed by atoms with van der Waals surface area (Å²) in [6.45, 7) is 4.69. The number of nitrogens with one attached hydrogen (secondary N) is 1. The number of aliphatic carboxylic acids is 1. The largest absolute Gasteiger partial charge is 0.493 e. The second-order valence-electron chi connectivity index (χ2n) is 6.48. The molecule has 2 N–H and O–H groups in total. The average Bonchev–Trinajstić information content (AvgIpc) is 2.58. The number of carboxylic acid groups (broad SMARTS) is 1. The minimum atomic E-state index is -0.762. The monoisotopic (exact) mass is 350 g/mol. The van der Waals surface area contributed by atoms with Crippen molar-refractivity contribution in [2.75, 3.05) is 33.4 Å². The maximum Gasteiger partial charge on any atom is 0.317 e. The standard InChI is InChI=1S/C18H26N2O5/c1-3-20(11-17(21)22)14-8-13(9-14)19-10-12-6-15(23-2)18-16(7-12)24-4-5-25-18/h6-7,13-14,19H,3-5,8-11H2,1-2H3,(H,21,22). The van der Waals surface area contributed by atoms with E-state index >= 15 is 0 Å². The van der Waals surface area contributed by atoms with Crippen LogP contribution in [0.1, 0.15) is 25.3 Å². The van der Waals surface area contributed by atoms with Crippen LogP contribution in [-0.4, -0.2) is 61.5 Å². The van der Waals surface area contributed by atoms with Crippen molar-refractivity contribution < 1.29 is 24.1 Å². The first kappa shape index (κ1) is 17.8. The van der Waals surface area contributed by atoms with Gasteiger partial charge in [0.1, 0.15) is 13.2 Å². The summed E-state index contributed by atoms with van der Waals surface area (Å²) >= 11 is 0. The quantitative estimate of drug-likeness (QED) is 0.735. The van der Waals surface area contributed by atoms with E-state index in [9.17, 15) is 4.79 Å². The molecule has 0 unspecified atom stereocenters. The van der Waals surface area contributed by atoms with Gasteiger partial charge in [0.05, 0.1) is 13.7 Å². The molecule has 138 valence electrons. The van der Waals surface area contributed by atoms with Crippen LogP contribution in [0.4, 0.5) is 0 Å². The molecule has 0 saturated heterocycles. The first-order chi connectivity index (χ1) is 12.1. The van der Waals surface area contributed by atoms with Gasteiger partial charge in [-0.1, -0.05) is 6.92 Å². The molecule has 0 bridgehead atoms. The maximum absolute atomic E-state index is 10.9. The molecular formula is C18H26N2O5. The van der Waals surface area contributed by atoms with Crippen LogP contribution in [-0.2, 0) is 11.3 Å². The minimum Gasteiger partial charge on any atom is -0.493 e. The third-order valence-corrected chi connectivity index (χ3v) is 4.86. The first-order valence-electron chi connectivity index (χ1n) is 8.76. The predicted octanol–water partition coefficient (Wildman–Crippen LogP) is 1.49. The number of methoxy groups -OCH3 is 1. The Morgan fingerprint density at radius 3 is 2.80 bits per heavy atom. The second-order valence-corrected chi connectivity index (χ2v) is 6.48. The number of nitrogens with zero attached hydrogens (tertiary/aromatic N) is 1. The van der Waals surface area contributed by atoms with Gasteiger partial charge in [-0.15, -0.1) is 0 Å². The van der Waals surface area contributed by atoms with Gasteiger partial charge < -0.3 is 24.6 Å². The van der Waals surface area contributed by atoms with Crippen molar-refractivity contribution in [2.24, 2.45) is 0 Å². The highest BCUT2D eigenvalue weighted by atomic mass is 16.6. The van der Waals surface area contributed by atoms with Gasteiger partial charge >= 0.3 is 5.97 Å². The Morgan fingerprint density at radius 2 is 2.12 bits per heavy atom. The van der Waals surface area contributed by atoms with Crippen LogP contribution >= 0.6 is 0 Å². The normalized spacial score (nSPS) is 21.7. The lowest BCUT2D eigenvalue weighted by molar-refractivity contribution is -0.139. The molecule has 0 aromatic heterocycles.